The highest BCUT2D eigenvalue weighted by Crippen LogP contribution is 2.18. The van der Waals surface area contributed by atoms with E-state index in [0.717, 1.165) is 12.1 Å². The van der Waals surface area contributed by atoms with Gasteiger partial charge in [0.15, 0.2) is 0 Å². The van der Waals surface area contributed by atoms with Crippen molar-refractivity contribution in [3.63, 3.8) is 0 Å². The summed E-state index contributed by atoms with van der Waals surface area (Å²) < 4.78 is 5.79. The van der Waals surface area contributed by atoms with E-state index in [0.29, 0.717) is 28.4 Å². The van der Waals surface area contributed by atoms with Crippen LogP contribution in [0.3, 0.4) is 0 Å². The number of hydrogen-bond donors (Lipinski definition) is 1. The Bertz CT molecular complexity index is 882. The molecule has 3 rings (SSSR count). The van der Waals surface area contributed by atoms with E-state index in [1.54, 1.807) is 29.3 Å². The molecular weight excluding hydrogens is 396 g/mol. The largest absolute Gasteiger partial charge is 0.441 e. The molecule has 146 valence electrons. The van der Waals surface area contributed by atoms with E-state index in [-0.39, 0.29) is 11.7 Å². The summed E-state index contributed by atoms with van der Waals surface area (Å²) in [5.41, 5.74) is 2.01. The second kappa shape index (κ2) is 9.61. The fourth-order valence-corrected chi connectivity index (χ4v) is 3.27. The predicted octanol–water partition coefficient (Wildman–Crippen LogP) is 4.27. The van der Waals surface area contributed by atoms with Crippen LogP contribution >= 0.6 is 23.4 Å². The third-order valence-electron chi connectivity index (χ3n) is 3.87. The molecule has 0 radical (unpaired) electrons. The van der Waals surface area contributed by atoms with Crippen molar-refractivity contribution in [3.05, 3.63) is 59.1 Å². The molecule has 0 fully saturated rings. The van der Waals surface area contributed by atoms with Gasteiger partial charge in [0, 0.05) is 17.8 Å². The van der Waals surface area contributed by atoms with Gasteiger partial charge in [-0.15, -0.1) is 5.10 Å². The second-order valence-electron chi connectivity index (χ2n) is 6.15. The number of amidine groups is 1. The zero-order chi connectivity index (χ0) is 19.9. The number of benzene rings is 2. The summed E-state index contributed by atoms with van der Waals surface area (Å²) in [5, 5.41) is 10.1. The maximum Gasteiger partial charge on any atom is 0.234 e. The Hall–Kier alpha value is -2.51. The minimum atomic E-state index is -0.111. The summed E-state index contributed by atoms with van der Waals surface area (Å²) in [6, 6.07) is 14.9. The Morgan fingerprint density at radius 3 is 2.61 bits per heavy atom. The van der Waals surface area contributed by atoms with Crippen molar-refractivity contribution < 1.29 is 9.53 Å². The number of carbonyl (C=O) groups is 1. The molecule has 0 atom stereocenters. The number of amides is 1. The van der Waals surface area contributed by atoms with Crippen molar-refractivity contribution in [2.45, 2.75) is 13.3 Å². The number of halogens is 1. The number of carbonyl (C=O) groups excluding carboxylic acids is 1. The standard InChI is InChI=1S/C20H21ClN4O2S/c1-3-14-4-8-16(9-5-14)22-18(26)13-28-20-23-19(12-25(2)24-20)27-17-10-6-15(21)7-11-17/h4-11H,3,12-13H2,1-2H3,(H,22,26). The first-order chi connectivity index (χ1) is 13.5. The van der Waals surface area contributed by atoms with Crippen molar-refractivity contribution in [1.82, 2.24) is 5.01 Å². The number of nitrogens with zero attached hydrogens (tertiary/aromatic N) is 3. The first kappa shape index (κ1) is 20.2. The zero-order valence-electron chi connectivity index (χ0n) is 15.7. The van der Waals surface area contributed by atoms with Crippen LogP contribution in [0.5, 0.6) is 5.75 Å². The van der Waals surface area contributed by atoms with Crippen LogP contribution in [0.4, 0.5) is 5.69 Å². The van der Waals surface area contributed by atoms with Crippen LogP contribution < -0.4 is 10.1 Å². The summed E-state index contributed by atoms with van der Waals surface area (Å²) in [6.45, 7) is 2.54. The molecule has 0 bridgehead atoms. The number of ether oxygens (including phenoxy) is 1. The molecule has 8 heteroatoms. The van der Waals surface area contributed by atoms with Gasteiger partial charge in [-0.05, 0) is 48.4 Å². The number of aryl methyl sites for hydroxylation is 1. The minimum Gasteiger partial charge on any atom is -0.441 e. The summed E-state index contributed by atoms with van der Waals surface area (Å²) >= 11 is 7.15. The van der Waals surface area contributed by atoms with Crippen LogP contribution in [0.25, 0.3) is 0 Å². The molecule has 0 unspecified atom stereocenters. The van der Waals surface area contributed by atoms with Gasteiger partial charge in [0.25, 0.3) is 0 Å². The van der Waals surface area contributed by atoms with Crippen molar-refractivity contribution in [2.75, 3.05) is 24.7 Å². The Morgan fingerprint density at radius 2 is 1.93 bits per heavy atom. The predicted molar refractivity (Wildman–Crippen MR) is 116 cm³/mol. The fraction of sp³-hybridized carbons (Fsp3) is 0.250. The molecule has 0 saturated heterocycles. The van der Waals surface area contributed by atoms with Crippen LogP contribution in [0.15, 0.2) is 58.6 Å². The van der Waals surface area contributed by atoms with Gasteiger partial charge in [0.05, 0.1) is 5.75 Å². The van der Waals surface area contributed by atoms with Crippen LogP contribution in [-0.2, 0) is 11.2 Å². The van der Waals surface area contributed by atoms with Crippen molar-refractivity contribution >= 4 is 46.0 Å². The number of hydrogen-bond acceptors (Lipinski definition) is 6. The fourth-order valence-electron chi connectivity index (χ4n) is 2.45. The van der Waals surface area contributed by atoms with Gasteiger partial charge in [-0.2, -0.15) is 4.99 Å². The maximum atomic E-state index is 12.2. The Labute approximate surface area is 173 Å². The Morgan fingerprint density at radius 1 is 1.21 bits per heavy atom. The molecule has 1 N–H and O–H groups in total. The molecule has 0 saturated carbocycles. The van der Waals surface area contributed by atoms with Crippen molar-refractivity contribution in [3.8, 4) is 5.75 Å². The Kier molecular flexibility index (Phi) is 6.95. The lowest BCUT2D eigenvalue weighted by molar-refractivity contribution is -0.113. The molecule has 1 aliphatic heterocycles. The van der Waals surface area contributed by atoms with E-state index in [1.807, 2.05) is 31.3 Å². The first-order valence-electron chi connectivity index (χ1n) is 8.84. The maximum absolute atomic E-state index is 12.2. The van der Waals surface area contributed by atoms with Crippen molar-refractivity contribution in [2.24, 2.45) is 10.1 Å². The highest BCUT2D eigenvalue weighted by Gasteiger charge is 2.16. The van der Waals surface area contributed by atoms with Gasteiger partial charge in [-0.1, -0.05) is 42.4 Å². The molecule has 0 aromatic heterocycles. The SMILES string of the molecule is CCc1ccc(NC(=O)CSC2=NN(C)CC(Oc3ccc(Cl)cc3)=N2)cc1. The zero-order valence-corrected chi connectivity index (χ0v) is 17.3. The molecule has 1 amide bonds. The summed E-state index contributed by atoms with van der Waals surface area (Å²) in [6.07, 6.45) is 0.968. The van der Waals surface area contributed by atoms with E-state index < -0.39 is 0 Å². The lowest BCUT2D eigenvalue weighted by Gasteiger charge is -2.20. The number of hydrazone groups is 1. The van der Waals surface area contributed by atoms with E-state index >= 15 is 0 Å². The topological polar surface area (TPSA) is 66.3 Å². The van der Waals surface area contributed by atoms with Gasteiger partial charge in [-0.3, -0.25) is 9.80 Å². The molecule has 28 heavy (non-hydrogen) atoms. The average Bonchev–Trinajstić information content (AvgIpc) is 2.68. The lowest BCUT2D eigenvalue weighted by atomic mass is 10.1. The highest BCUT2D eigenvalue weighted by molar-refractivity contribution is 8.14. The van der Waals surface area contributed by atoms with Crippen LogP contribution in [0.2, 0.25) is 5.02 Å². The molecular formula is C20H21ClN4O2S. The van der Waals surface area contributed by atoms with Crippen LogP contribution in [0.1, 0.15) is 12.5 Å². The van der Waals surface area contributed by atoms with Crippen molar-refractivity contribution in [1.29, 1.82) is 0 Å². The number of aliphatic imine (C=N–C) groups is 1. The molecule has 6 nitrogen and oxygen atoms in total. The average molecular weight is 417 g/mol. The first-order valence-corrected chi connectivity index (χ1v) is 10.2. The van der Waals surface area contributed by atoms with E-state index in [1.165, 1.54) is 17.3 Å². The monoisotopic (exact) mass is 416 g/mol. The third kappa shape index (κ3) is 6.00. The summed E-state index contributed by atoms with van der Waals surface area (Å²) in [7, 11) is 1.83. The summed E-state index contributed by atoms with van der Waals surface area (Å²) in [4.78, 5) is 16.6. The molecule has 0 aliphatic carbocycles. The number of nitrogens with one attached hydrogen (secondary N) is 1. The minimum absolute atomic E-state index is 0.111. The molecule has 2 aromatic rings. The number of thioether (sulfide) groups is 1. The lowest BCUT2D eigenvalue weighted by Crippen LogP contribution is -2.31. The second-order valence-corrected chi connectivity index (χ2v) is 7.53. The normalized spacial score (nSPS) is 13.6. The molecule has 2 aromatic carbocycles. The van der Waals surface area contributed by atoms with E-state index in [2.05, 4.69) is 22.3 Å². The Balaban J connectivity index is 1.55. The molecule has 1 heterocycles. The van der Waals surface area contributed by atoms with Gasteiger partial charge >= 0.3 is 0 Å². The van der Waals surface area contributed by atoms with Gasteiger partial charge < -0.3 is 10.1 Å². The van der Waals surface area contributed by atoms with Gasteiger partial charge in [0.2, 0.25) is 17.0 Å². The van der Waals surface area contributed by atoms with Crippen LogP contribution in [-0.4, -0.2) is 41.3 Å². The third-order valence-corrected chi connectivity index (χ3v) is 4.96. The van der Waals surface area contributed by atoms with E-state index in [4.69, 9.17) is 16.3 Å². The van der Waals surface area contributed by atoms with Crippen LogP contribution in [0, 0.1) is 0 Å². The summed E-state index contributed by atoms with van der Waals surface area (Å²) in [5.74, 6) is 1.26. The smallest absolute Gasteiger partial charge is 0.234 e. The molecule has 0 spiro atoms. The quantitative estimate of drug-likeness (QED) is 0.790. The molecule has 1 aliphatic rings. The number of rotatable bonds is 5. The highest BCUT2D eigenvalue weighted by atomic mass is 35.5. The van der Waals surface area contributed by atoms with Gasteiger partial charge in [-0.25, -0.2) is 0 Å². The number of anilines is 1. The van der Waals surface area contributed by atoms with Gasteiger partial charge in [0.1, 0.15) is 12.3 Å². The van der Waals surface area contributed by atoms with E-state index in [9.17, 15) is 4.79 Å². The number of likely N-dealkylation sites (N-methyl/N-ethyl adjacent to an activating group) is 1.